The van der Waals surface area contributed by atoms with Crippen LogP contribution in [0.5, 0.6) is 11.5 Å². The number of phenols is 2. The number of nitrogens with zero attached hydrogens (tertiary/aromatic N) is 4. The first-order valence-corrected chi connectivity index (χ1v) is 32.8. The number of aryl methyl sites for hydroxylation is 2. The van der Waals surface area contributed by atoms with Gasteiger partial charge >= 0.3 is 29.8 Å². The molecule has 100 heavy (non-hydrogen) atoms. The van der Waals surface area contributed by atoms with E-state index in [-0.39, 0.29) is 152 Å². The number of fused-ring (bicyclic) bond motifs is 10. The van der Waals surface area contributed by atoms with Crippen molar-refractivity contribution in [3.63, 3.8) is 0 Å². The molecule has 6 aromatic rings. The van der Waals surface area contributed by atoms with Gasteiger partial charge in [0.05, 0.1) is 137 Å². The second-order valence-electron chi connectivity index (χ2n) is 23.8. The van der Waals surface area contributed by atoms with Crippen LogP contribution in [0, 0.1) is 0 Å². The molecule has 10 rings (SSSR count). The number of cyclic esters (lactones) is 2. The summed E-state index contributed by atoms with van der Waals surface area (Å²) in [7, 11) is 1.51. The molecule has 31 heteroatoms. The number of carbonyl (C=O) groups is 7. The van der Waals surface area contributed by atoms with Gasteiger partial charge < -0.3 is 96.7 Å². The number of aliphatic carboxylic acids is 1. The number of nitrogens with one attached hydrogen (secondary N) is 2. The molecule has 2 aromatic carbocycles. The topological polar surface area (TPSA) is 394 Å². The Balaban J connectivity index is 0.695. The van der Waals surface area contributed by atoms with Crippen LogP contribution in [0.3, 0.4) is 0 Å². The average molecular weight is 1390 g/mol. The van der Waals surface area contributed by atoms with Crippen molar-refractivity contribution in [3.8, 4) is 34.3 Å². The molecule has 0 bridgehead atoms. The summed E-state index contributed by atoms with van der Waals surface area (Å²) in [4.78, 5) is 129. The second kappa shape index (κ2) is 33.2. The van der Waals surface area contributed by atoms with E-state index < -0.39 is 109 Å². The first-order valence-electron chi connectivity index (χ1n) is 32.8. The Labute approximate surface area is 572 Å². The molecular weight excluding hydrogens is 1310 g/mol. The van der Waals surface area contributed by atoms with Crippen molar-refractivity contribution in [3.05, 3.63) is 114 Å². The number of carboxylic acids is 1. The number of carbonyl (C=O) groups excluding carboxylic acids is 6. The molecule has 0 aliphatic carbocycles. The highest BCUT2D eigenvalue weighted by molar-refractivity contribution is 5.93. The summed E-state index contributed by atoms with van der Waals surface area (Å²) in [6.07, 6.45) is -0.433. The zero-order valence-electron chi connectivity index (χ0n) is 56.1. The lowest BCUT2D eigenvalue weighted by Crippen LogP contribution is -2.48. The van der Waals surface area contributed by atoms with Crippen molar-refractivity contribution in [2.24, 2.45) is 0 Å². The second-order valence-corrected chi connectivity index (χ2v) is 23.8. The average Bonchev–Trinajstić information content (AvgIpc) is 1.50. The molecule has 4 aliphatic rings. The van der Waals surface area contributed by atoms with E-state index in [1.54, 1.807) is 59.4 Å². The standard InChI is InChI=1S/C69H80N6O25/c1-6-43-45-22-39(76)10-12-53(45)72-62-47(43)28-74-55(62)24-51-49(64(74)84)34-97-66(86)68(51,8-3)99-60(82)26-70-57(78)36-91-17-15-89-31-42(33-94-32-41(95-20-14-88-5)30-90-16-18-93-38-59(80)81)96-21-19-92-37-58(79)71-27-61(83)100-69(9-4)52-25-56-63-48(29-75(56)65(85)50(52)35-98-67(69)87)44(7-2)46-23-40(77)11-13-54(46)73-63/h10-13,22-25,41-42,76-77H,6-9,14-21,26-38H2,1-5H3,(H,70,78)(H,71,79)(H,80,81)/t41?,42?,68-,69-/m0/s1. The van der Waals surface area contributed by atoms with Gasteiger partial charge in [0.1, 0.15) is 69.8 Å². The summed E-state index contributed by atoms with van der Waals surface area (Å²) in [5, 5.41) is 35.7. The van der Waals surface area contributed by atoms with Crippen molar-refractivity contribution in [1.82, 2.24) is 29.7 Å². The van der Waals surface area contributed by atoms with E-state index in [0.29, 0.717) is 46.7 Å². The first-order chi connectivity index (χ1) is 48.3. The zero-order valence-corrected chi connectivity index (χ0v) is 56.1. The Morgan fingerprint density at radius 3 is 1.37 bits per heavy atom. The number of ether oxygens (including phenoxy) is 13. The van der Waals surface area contributed by atoms with Crippen LogP contribution in [0.25, 0.3) is 44.6 Å². The van der Waals surface area contributed by atoms with Crippen LogP contribution in [-0.4, -0.2) is 208 Å². The van der Waals surface area contributed by atoms with Gasteiger partial charge in [0, 0.05) is 40.1 Å². The van der Waals surface area contributed by atoms with Crippen molar-refractivity contribution in [2.45, 2.75) is 103 Å². The third-order valence-electron chi connectivity index (χ3n) is 17.5. The lowest BCUT2D eigenvalue weighted by Gasteiger charge is -2.35. The molecule has 536 valence electrons. The quantitative estimate of drug-likeness (QED) is 0.0211. The van der Waals surface area contributed by atoms with Gasteiger partial charge in [0.2, 0.25) is 23.0 Å². The molecule has 31 nitrogen and oxygen atoms in total. The number of aromatic nitrogens is 4. The molecule has 0 radical (unpaired) electrons. The Hall–Kier alpha value is -9.31. The molecule has 0 spiro atoms. The first kappa shape index (κ1) is 73.4. The van der Waals surface area contributed by atoms with Crippen molar-refractivity contribution in [2.75, 3.05) is 119 Å². The number of pyridine rings is 4. The van der Waals surface area contributed by atoms with Gasteiger partial charge in [-0.25, -0.2) is 24.4 Å². The highest BCUT2D eigenvalue weighted by Crippen LogP contribution is 2.45. The van der Waals surface area contributed by atoms with E-state index in [2.05, 4.69) is 10.6 Å². The van der Waals surface area contributed by atoms with Gasteiger partial charge in [0.15, 0.2) is 0 Å². The Morgan fingerprint density at radius 2 is 0.950 bits per heavy atom. The van der Waals surface area contributed by atoms with Crippen LogP contribution in [0.15, 0.2) is 58.1 Å². The minimum Gasteiger partial charge on any atom is -0.508 e. The third kappa shape index (κ3) is 16.1. The number of hydrogen-bond acceptors (Lipinski definition) is 26. The van der Waals surface area contributed by atoms with E-state index in [0.717, 1.165) is 33.0 Å². The molecule has 4 aliphatic heterocycles. The zero-order chi connectivity index (χ0) is 71.3. The van der Waals surface area contributed by atoms with Crippen molar-refractivity contribution < 1.29 is 110 Å². The lowest BCUT2D eigenvalue weighted by molar-refractivity contribution is -0.189. The van der Waals surface area contributed by atoms with Gasteiger partial charge in [0.25, 0.3) is 11.1 Å². The number of amides is 2. The molecule has 5 N–H and O–H groups in total. The van der Waals surface area contributed by atoms with Crippen LogP contribution < -0.4 is 21.8 Å². The van der Waals surface area contributed by atoms with E-state index >= 15 is 0 Å². The molecule has 0 saturated carbocycles. The van der Waals surface area contributed by atoms with Crippen LogP contribution in [0.4, 0.5) is 0 Å². The Morgan fingerprint density at radius 1 is 0.540 bits per heavy atom. The monoisotopic (exact) mass is 1390 g/mol. The highest BCUT2D eigenvalue weighted by atomic mass is 16.6. The summed E-state index contributed by atoms with van der Waals surface area (Å²) in [5.74, 6) is -6.18. The summed E-state index contributed by atoms with van der Waals surface area (Å²) in [5.41, 5.74) is 2.07. The van der Waals surface area contributed by atoms with E-state index in [1.165, 1.54) is 19.2 Å². The van der Waals surface area contributed by atoms with E-state index in [9.17, 15) is 53.4 Å². The predicted molar refractivity (Wildman–Crippen MR) is 349 cm³/mol. The van der Waals surface area contributed by atoms with Crippen molar-refractivity contribution in [1.29, 1.82) is 0 Å². The Kier molecular flexibility index (Phi) is 24.4. The van der Waals surface area contributed by atoms with Gasteiger partial charge in [-0.1, -0.05) is 27.7 Å². The largest absolute Gasteiger partial charge is 0.508 e. The smallest absolute Gasteiger partial charge is 0.355 e. The van der Waals surface area contributed by atoms with Crippen LogP contribution >= 0.6 is 0 Å². The summed E-state index contributed by atoms with van der Waals surface area (Å²) >= 11 is 0. The molecule has 0 fully saturated rings. The fourth-order valence-electron chi connectivity index (χ4n) is 12.7. The number of hydrogen-bond donors (Lipinski definition) is 5. The number of esters is 4. The lowest BCUT2D eigenvalue weighted by atomic mass is 9.85. The maximum Gasteiger partial charge on any atom is 0.355 e. The summed E-state index contributed by atoms with van der Waals surface area (Å²) < 4.78 is 76.3. The fraction of sp³-hybridized carbons (Fsp3) is 0.493. The fourth-order valence-corrected chi connectivity index (χ4v) is 12.7. The highest BCUT2D eigenvalue weighted by Gasteiger charge is 2.52. The molecule has 2 unspecified atom stereocenters. The van der Waals surface area contributed by atoms with Crippen molar-refractivity contribution >= 4 is 63.5 Å². The maximum atomic E-state index is 14.2. The van der Waals surface area contributed by atoms with Gasteiger partial charge in [-0.15, -0.1) is 0 Å². The predicted octanol–water partition coefficient (Wildman–Crippen LogP) is 2.64. The molecule has 2 amide bonds. The number of carboxylic acid groups (broad SMARTS) is 1. The maximum absolute atomic E-state index is 14.2. The molecule has 4 atom stereocenters. The van der Waals surface area contributed by atoms with Gasteiger partial charge in [-0.2, -0.15) is 0 Å². The molecular formula is C69H80N6O25. The molecule has 8 heterocycles. The Bertz CT molecular complexity index is 4210. The van der Waals surface area contributed by atoms with Crippen LogP contribution in [0.2, 0.25) is 0 Å². The number of methoxy groups -OCH3 is 1. The third-order valence-corrected chi connectivity index (χ3v) is 17.5. The molecule has 4 aromatic heterocycles. The number of phenolic OH excluding ortho intramolecular Hbond substituents is 2. The van der Waals surface area contributed by atoms with E-state index in [1.807, 2.05) is 13.8 Å². The number of rotatable bonds is 38. The van der Waals surface area contributed by atoms with Crippen LogP contribution in [-0.2, 0) is 145 Å². The van der Waals surface area contributed by atoms with Gasteiger partial charge in [-0.3, -0.25) is 28.8 Å². The number of benzene rings is 2. The number of aromatic hydroxyl groups is 2. The minimum absolute atomic E-state index is 0.00596. The minimum atomic E-state index is -2.03. The normalized spacial score (nSPS) is 16.9. The van der Waals surface area contributed by atoms with Gasteiger partial charge in [-0.05, 0) is 85.3 Å². The van der Waals surface area contributed by atoms with Crippen LogP contribution in [0.1, 0.15) is 85.0 Å². The molecule has 0 saturated heterocycles. The SMILES string of the molecule is CCc1c2c(nc3ccc(O)cc13)-c1cc3c(c(=O)n1C2)COC(=O)[C@@]3(CC)OC(=O)CNC(=O)COCCOCC(COCC(COCCOCC(=O)O)OCCOC)OCCOCC(=O)NCC(=O)O[C@]1(CC)C(=O)OCc2c1cc1n(c2=O)Cc2c-1nc1ccc(O)cc1c2CC. The summed E-state index contributed by atoms with van der Waals surface area (Å²) in [6.45, 7) is 4.04. The summed E-state index contributed by atoms with van der Waals surface area (Å²) in [6, 6.07) is 12.9. The van der Waals surface area contributed by atoms with E-state index in [4.69, 9.17) is 76.7 Å².